The highest BCUT2D eigenvalue weighted by molar-refractivity contribution is 5.72. The third-order valence-corrected chi connectivity index (χ3v) is 3.14. The molecular weight excluding hydrogens is 258 g/mol. The van der Waals surface area contributed by atoms with Crippen molar-refractivity contribution >= 4 is 5.97 Å². The first-order chi connectivity index (χ1) is 9.36. The van der Waals surface area contributed by atoms with Gasteiger partial charge in [-0.05, 0) is 39.8 Å². The standard InChI is InChI=1S/C15H23NO4/c1-5-20-13-7-6-9(2)8-12(13)14(17)10(3)16-11(4)15(18)19/h6-8,10-11,14,16-17H,5H2,1-4H3,(H,18,19). The Bertz CT molecular complexity index is 461. The molecule has 1 rings (SSSR count). The number of benzene rings is 1. The van der Waals surface area contributed by atoms with Crippen LogP contribution in [-0.2, 0) is 4.79 Å². The molecule has 0 aliphatic carbocycles. The Balaban J connectivity index is 2.92. The number of hydrogen-bond donors (Lipinski definition) is 3. The summed E-state index contributed by atoms with van der Waals surface area (Å²) in [6.07, 6.45) is -0.835. The van der Waals surface area contributed by atoms with Crippen molar-refractivity contribution in [2.75, 3.05) is 6.61 Å². The third-order valence-electron chi connectivity index (χ3n) is 3.14. The van der Waals surface area contributed by atoms with Crippen LogP contribution < -0.4 is 10.1 Å². The molecule has 3 atom stereocenters. The number of aliphatic hydroxyl groups is 1. The minimum absolute atomic E-state index is 0.401. The number of aliphatic hydroxyl groups excluding tert-OH is 1. The molecule has 3 N–H and O–H groups in total. The average Bonchev–Trinajstić information content (AvgIpc) is 2.39. The van der Waals surface area contributed by atoms with Crippen LogP contribution in [-0.4, -0.2) is 34.9 Å². The van der Waals surface area contributed by atoms with E-state index in [0.29, 0.717) is 17.9 Å². The maximum Gasteiger partial charge on any atom is 0.320 e. The first kappa shape index (κ1) is 16.5. The molecule has 0 fully saturated rings. The summed E-state index contributed by atoms with van der Waals surface area (Å²) < 4.78 is 5.51. The van der Waals surface area contributed by atoms with Gasteiger partial charge in [-0.25, -0.2) is 0 Å². The summed E-state index contributed by atoms with van der Waals surface area (Å²) in [5.41, 5.74) is 1.69. The van der Waals surface area contributed by atoms with Gasteiger partial charge in [0.2, 0.25) is 0 Å². The van der Waals surface area contributed by atoms with E-state index in [-0.39, 0.29) is 0 Å². The van der Waals surface area contributed by atoms with E-state index < -0.39 is 24.2 Å². The molecule has 1 aromatic carbocycles. The van der Waals surface area contributed by atoms with Crippen LogP contribution in [0.4, 0.5) is 0 Å². The molecule has 1 aromatic rings. The highest BCUT2D eigenvalue weighted by atomic mass is 16.5. The number of carboxylic acids is 1. The molecule has 0 aliphatic heterocycles. The number of aliphatic carboxylic acids is 1. The number of carbonyl (C=O) groups is 1. The molecule has 0 amide bonds. The maximum absolute atomic E-state index is 10.8. The van der Waals surface area contributed by atoms with E-state index in [1.807, 2.05) is 32.0 Å². The molecule has 3 unspecified atom stereocenters. The van der Waals surface area contributed by atoms with Crippen LogP contribution in [0.25, 0.3) is 0 Å². The fourth-order valence-corrected chi connectivity index (χ4v) is 2.01. The van der Waals surface area contributed by atoms with Crippen molar-refractivity contribution in [2.24, 2.45) is 0 Å². The lowest BCUT2D eigenvalue weighted by Crippen LogP contribution is -2.42. The molecular formula is C15H23NO4. The molecule has 0 radical (unpaired) electrons. The zero-order valence-corrected chi connectivity index (χ0v) is 12.4. The monoisotopic (exact) mass is 281 g/mol. The zero-order chi connectivity index (χ0) is 15.3. The van der Waals surface area contributed by atoms with Crippen molar-refractivity contribution in [2.45, 2.75) is 45.9 Å². The maximum atomic E-state index is 10.8. The van der Waals surface area contributed by atoms with Crippen LogP contribution in [0.5, 0.6) is 5.75 Å². The minimum Gasteiger partial charge on any atom is -0.493 e. The van der Waals surface area contributed by atoms with Gasteiger partial charge in [-0.2, -0.15) is 0 Å². The molecule has 0 saturated carbocycles. The van der Waals surface area contributed by atoms with Gasteiger partial charge in [-0.15, -0.1) is 0 Å². The van der Waals surface area contributed by atoms with Crippen LogP contribution in [0.15, 0.2) is 18.2 Å². The lowest BCUT2D eigenvalue weighted by molar-refractivity contribution is -0.139. The molecule has 0 aromatic heterocycles. The number of rotatable bonds is 7. The third kappa shape index (κ3) is 4.21. The second-order valence-electron chi connectivity index (χ2n) is 4.93. The van der Waals surface area contributed by atoms with Crippen LogP contribution in [0, 0.1) is 6.92 Å². The van der Waals surface area contributed by atoms with Crippen molar-refractivity contribution < 1.29 is 19.7 Å². The number of ether oxygens (including phenoxy) is 1. The molecule has 5 nitrogen and oxygen atoms in total. The predicted molar refractivity (Wildman–Crippen MR) is 77.0 cm³/mol. The average molecular weight is 281 g/mol. The van der Waals surface area contributed by atoms with E-state index in [0.717, 1.165) is 5.56 Å². The van der Waals surface area contributed by atoms with Gasteiger partial charge >= 0.3 is 5.97 Å². The molecule has 0 spiro atoms. The van der Waals surface area contributed by atoms with Gasteiger partial charge in [0.25, 0.3) is 0 Å². The van der Waals surface area contributed by atoms with Gasteiger partial charge < -0.3 is 14.9 Å². The van der Waals surface area contributed by atoms with Crippen LogP contribution in [0.1, 0.15) is 38.0 Å². The van der Waals surface area contributed by atoms with E-state index in [4.69, 9.17) is 9.84 Å². The second kappa shape index (κ2) is 7.26. The Morgan fingerprint density at radius 1 is 1.40 bits per heavy atom. The van der Waals surface area contributed by atoms with Gasteiger partial charge in [0.1, 0.15) is 11.8 Å². The van der Waals surface area contributed by atoms with Crippen LogP contribution >= 0.6 is 0 Å². The summed E-state index contributed by atoms with van der Waals surface area (Å²) in [5.74, 6) is -0.319. The van der Waals surface area contributed by atoms with E-state index in [9.17, 15) is 9.90 Å². The van der Waals surface area contributed by atoms with E-state index in [1.54, 1.807) is 13.8 Å². The Morgan fingerprint density at radius 2 is 2.05 bits per heavy atom. The predicted octanol–water partition coefficient (Wildman–Crippen LogP) is 1.88. The summed E-state index contributed by atoms with van der Waals surface area (Å²) in [7, 11) is 0. The molecule has 0 bridgehead atoms. The Hall–Kier alpha value is -1.59. The normalized spacial score (nSPS) is 15.4. The van der Waals surface area contributed by atoms with Gasteiger partial charge in [0.15, 0.2) is 0 Å². The van der Waals surface area contributed by atoms with Crippen molar-refractivity contribution in [1.29, 1.82) is 0 Å². The highest BCUT2D eigenvalue weighted by Gasteiger charge is 2.23. The first-order valence-corrected chi connectivity index (χ1v) is 6.77. The molecule has 112 valence electrons. The summed E-state index contributed by atoms with van der Waals surface area (Å²) in [6, 6.07) is 4.48. The Kier molecular flexibility index (Phi) is 5.98. The first-order valence-electron chi connectivity index (χ1n) is 6.77. The number of aryl methyl sites for hydroxylation is 1. The number of hydrogen-bond acceptors (Lipinski definition) is 4. The fraction of sp³-hybridized carbons (Fsp3) is 0.533. The van der Waals surface area contributed by atoms with Gasteiger partial charge in [-0.1, -0.05) is 11.6 Å². The molecule has 0 heterocycles. The highest BCUT2D eigenvalue weighted by Crippen LogP contribution is 2.28. The molecule has 20 heavy (non-hydrogen) atoms. The van der Waals surface area contributed by atoms with Gasteiger partial charge in [0, 0.05) is 11.6 Å². The topological polar surface area (TPSA) is 78.8 Å². The van der Waals surface area contributed by atoms with E-state index in [1.165, 1.54) is 0 Å². The summed E-state index contributed by atoms with van der Waals surface area (Å²) in [6.45, 7) is 7.62. The lowest BCUT2D eigenvalue weighted by atomic mass is 10.00. The van der Waals surface area contributed by atoms with E-state index in [2.05, 4.69) is 5.32 Å². The minimum atomic E-state index is -0.946. The van der Waals surface area contributed by atoms with Gasteiger partial charge in [-0.3, -0.25) is 10.1 Å². The lowest BCUT2D eigenvalue weighted by Gasteiger charge is -2.24. The van der Waals surface area contributed by atoms with Crippen LogP contribution in [0.2, 0.25) is 0 Å². The van der Waals surface area contributed by atoms with E-state index >= 15 is 0 Å². The summed E-state index contributed by atoms with van der Waals surface area (Å²) in [5, 5.41) is 22.2. The summed E-state index contributed by atoms with van der Waals surface area (Å²) >= 11 is 0. The SMILES string of the molecule is CCOc1ccc(C)cc1C(O)C(C)NC(C)C(=O)O. The van der Waals surface area contributed by atoms with Crippen molar-refractivity contribution in [3.8, 4) is 5.75 Å². The molecule has 0 saturated heterocycles. The fourth-order valence-electron chi connectivity index (χ4n) is 2.01. The van der Waals surface area contributed by atoms with Crippen molar-refractivity contribution in [3.05, 3.63) is 29.3 Å². The quantitative estimate of drug-likeness (QED) is 0.711. The number of carboxylic acid groups (broad SMARTS) is 1. The Morgan fingerprint density at radius 3 is 2.60 bits per heavy atom. The Labute approximate surface area is 119 Å². The number of nitrogens with one attached hydrogen (secondary N) is 1. The largest absolute Gasteiger partial charge is 0.493 e. The zero-order valence-electron chi connectivity index (χ0n) is 12.4. The van der Waals surface area contributed by atoms with Gasteiger partial charge in [0.05, 0.1) is 12.7 Å². The van der Waals surface area contributed by atoms with Crippen molar-refractivity contribution in [3.63, 3.8) is 0 Å². The summed E-state index contributed by atoms with van der Waals surface area (Å²) in [4.78, 5) is 10.8. The van der Waals surface area contributed by atoms with Crippen molar-refractivity contribution in [1.82, 2.24) is 5.32 Å². The molecule has 5 heteroatoms. The molecule has 0 aliphatic rings. The van der Waals surface area contributed by atoms with Crippen LogP contribution in [0.3, 0.4) is 0 Å². The smallest absolute Gasteiger partial charge is 0.320 e. The second-order valence-corrected chi connectivity index (χ2v) is 4.93.